The molecule has 2 atom stereocenters. The number of hydrogen-bond acceptors (Lipinski definition) is 3. The molecule has 0 aromatic heterocycles. The van der Waals surface area contributed by atoms with E-state index in [2.05, 4.69) is 17.4 Å². The van der Waals surface area contributed by atoms with E-state index in [0.29, 0.717) is 0 Å². The Kier molecular flexibility index (Phi) is 5.74. The van der Waals surface area contributed by atoms with Gasteiger partial charge < -0.3 is 10.2 Å². The molecule has 2 aliphatic rings. The molecule has 150 valence electrons. The van der Waals surface area contributed by atoms with Crippen LogP contribution in [0.4, 0.5) is 11.4 Å². The Morgan fingerprint density at radius 2 is 1.93 bits per heavy atom. The van der Waals surface area contributed by atoms with Gasteiger partial charge in [-0.3, -0.25) is 14.6 Å². The van der Waals surface area contributed by atoms with Gasteiger partial charge in [0, 0.05) is 11.8 Å². The predicted molar refractivity (Wildman–Crippen MR) is 116 cm³/mol. The highest BCUT2D eigenvalue weighted by atomic mass is 16.2. The lowest BCUT2D eigenvalue weighted by atomic mass is 10.0. The number of aliphatic imine (C=N–C) groups is 1. The number of benzene rings is 2. The maximum Gasteiger partial charge on any atom is 0.240 e. The van der Waals surface area contributed by atoms with Crippen LogP contribution in [0.3, 0.4) is 0 Å². The summed E-state index contributed by atoms with van der Waals surface area (Å²) in [6.45, 7) is 2.04. The Morgan fingerprint density at radius 1 is 1.17 bits per heavy atom. The number of rotatable bonds is 6. The lowest BCUT2D eigenvalue weighted by molar-refractivity contribution is -0.125. The largest absolute Gasteiger partial charge is 0.352 e. The number of aryl methyl sites for hydroxylation is 1. The molecule has 1 fully saturated rings. The Bertz CT molecular complexity index is 923. The molecular formula is C24H27N3O2. The fraction of sp³-hybridized carbons (Fsp3) is 0.375. The van der Waals surface area contributed by atoms with Crippen molar-refractivity contribution in [2.45, 2.75) is 45.1 Å². The van der Waals surface area contributed by atoms with E-state index >= 15 is 0 Å². The highest BCUT2D eigenvalue weighted by molar-refractivity contribution is 6.16. The molecule has 1 saturated carbocycles. The number of nitrogens with one attached hydrogen (secondary N) is 1. The molecule has 0 unspecified atom stereocenters. The lowest BCUT2D eigenvalue weighted by Crippen LogP contribution is -2.45. The Hall–Kier alpha value is -2.95. The minimum Gasteiger partial charge on any atom is -0.352 e. The number of anilines is 1. The number of amides is 2. The molecule has 1 heterocycles. The molecule has 4 rings (SSSR count). The van der Waals surface area contributed by atoms with Gasteiger partial charge >= 0.3 is 0 Å². The van der Waals surface area contributed by atoms with Crippen molar-refractivity contribution in [3.8, 4) is 0 Å². The van der Waals surface area contributed by atoms with Crippen LogP contribution < -0.4 is 10.2 Å². The lowest BCUT2D eigenvalue weighted by Gasteiger charge is -2.25. The molecule has 2 amide bonds. The average Bonchev–Trinajstić information content (AvgIpc) is 3.16. The van der Waals surface area contributed by atoms with Crippen molar-refractivity contribution in [1.29, 1.82) is 0 Å². The summed E-state index contributed by atoms with van der Waals surface area (Å²) in [4.78, 5) is 32.3. The molecule has 1 aliphatic carbocycles. The zero-order chi connectivity index (χ0) is 20.2. The van der Waals surface area contributed by atoms with Gasteiger partial charge in [-0.15, -0.1) is 0 Å². The van der Waals surface area contributed by atoms with E-state index < -0.39 is 0 Å². The van der Waals surface area contributed by atoms with Crippen molar-refractivity contribution in [3.05, 3.63) is 60.2 Å². The SMILES string of the molecule is C[C@H](CCc1ccccc1)NC(=O)CN1C(=O)[C@@H]2CCCC2=Nc2ccccc21. The molecule has 0 spiro atoms. The molecule has 29 heavy (non-hydrogen) atoms. The third-order valence-corrected chi connectivity index (χ3v) is 5.75. The smallest absolute Gasteiger partial charge is 0.240 e. The van der Waals surface area contributed by atoms with Crippen LogP contribution in [0.1, 0.15) is 38.2 Å². The third-order valence-electron chi connectivity index (χ3n) is 5.75. The van der Waals surface area contributed by atoms with Crippen molar-refractivity contribution in [1.82, 2.24) is 5.32 Å². The van der Waals surface area contributed by atoms with Gasteiger partial charge in [-0.25, -0.2) is 0 Å². The van der Waals surface area contributed by atoms with Crippen molar-refractivity contribution in [2.24, 2.45) is 10.9 Å². The van der Waals surface area contributed by atoms with E-state index in [9.17, 15) is 9.59 Å². The Balaban J connectivity index is 1.42. The van der Waals surface area contributed by atoms with Crippen LogP contribution in [0.25, 0.3) is 0 Å². The van der Waals surface area contributed by atoms with Crippen LogP contribution >= 0.6 is 0 Å². The number of carbonyl (C=O) groups is 2. The summed E-state index contributed by atoms with van der Waals surface area (Å²) in [5.41, 5.74) is 3.73. The van der Waals surface area contributed by atoms with E-state index in [0.717, 1.165) is 49.2 Å². The summed E-state index contributed by atoms with van der Waals surface area (Å²) >= 11 is 0. The fourth-order valence-electron chi connectivity index (χ4n) is 4.20. The van der Waals surface area contributed by atoms with Gasteiger partial charge in [-0.1, -0.05) is 42.5 Å². The second kappa shape index (κ2) is 8.60. The average molecular weight is 389 g/mol. The highest BCUT2D eigenvalue weighted by Gasteiger charge is 2.37. The fourth-order valence-corrected chi connectivity index (χ4v) is 4.20. The molecule has 0 bridgehead atoms. The first-order valence-electron chi connectivity index (χ1n) is 10.4. The summed E-state index contributed by atoms with van der Waals surface area (Å²) in [6, 6.07) is 17.9. The molecule has 2 aromatic rings. The van der Waals surface area contributed by atoms with Gasteiger partial charge in [0.2, 0.25) is 11.8 Å². The summed E-state index contributed by atoms with van der Waals surface area (Å²) < 4.78 is 0. The van der Waals surface area contributed by atoms with Gasteiger partial charge in [0.1, 0.15) is 6.54 Å². The van der Waals surface area contributed by atoms with E-state index in [1.165, 1.54) is 5.56 Å². The molecule has 1 aliphatic heterocycles. The minimum absolute atomic E-state index is 0.00158. The zero-order valence-electron chi connectivity index (χ0n) is 16.8. The van der Waals surface area contributed by atoms with Gasteiger partial charge in [0.05, 0.1) is 17.3 Å². The Morgan fingerprint density at radius 3 is 2.76 bits per heavy atom. The second-order valence-corrected chi connectivity index (χ2v) is 7.95. The first-order chi connectivity index (χ1) is 14.1. The van der Waals surface area contributed by atoms with Crippen molar-refractivity contribution in [3.63, 3.8) is 0 Å². The quantitative estimate of drug-likeness (QED) is 0.810. The first kappa shape index (κ1) is 19.4. The molecule has 0 radical (unpaired) electrons. The van der Waals surface area contributed by atoms with E-state index in [1.54, 1.807) is 4.90 Å². The Labute approximate surface area is 171 Å². The van der Waals surface area contributed by atoms with E-state index in [-0.39, 0.29) is 30.3 Å². The standard InChI is InChI=1S/C24H27N3O2/c1-17(14-15-18-8-3-2-4-9-18)25-23(28)16-27-22-13-6-5-11-21(22)26-20-12-7-10-19(20)24(27)29/h2-6,8-9,11,13,17,19H,7,10,12,14-16H2,1H3,(H,25,28)/t17-,19-/m1/s1. The number of fused-ring (bicyclic) bond motifs is 2. The maximum absolute atomic E-state index is 13.2. The van der Waals surface area contributed by atoms with Crippen LogP contribution in [0.15, 0.2) is 59.6 Å². The molecular weight excluding hydrogens is 362 g/mol. The normalized spacial score (nSPS) is 19.1. The van der Waals surface area contributed by atoms with Gasteiger partial charge in [-0.05, 0) is 56.7 Å². The highest BCUT2D eigenvalue weighted by Crippen LogP contribution is 2.37. The maximum atomic E-state index is 13.2. The zero-order valence-corrected chi connectivity index (χ0v) is 16.8. The van der Waals surface area contributed by atoms with Crippen LogP contribution in [0.5, 0.6) is 0 Å². The first-order valence-corrected chi connectivity index (χ1v) is 10.4. The molecule has 5 nitrogen and oxygen atoms in total. The van der Waals surface area contributed by atoms with Crippen LogP contribution in [-0.2, 0) is 16.0 Å². The van der Waals surface area contributed by atoms with E-state index in [1.807, 2.05) is 49.4 Å². The third kappa shape index (κ3) is 4.39. The van der Waals surface area contributed by atoms with Gasteiger partial charge in [0.25, 0.3) is 0 Å². The number of nitrogens with zero attached hydrogens (tertiary/aromatic N) is 2. The topological polar surface area (TPSA) is 61.8 Å². The monoisotopic (exact) mass is 389 g/mol. The summed E-state index contributed by atoms with van der Waals surface area (Å²) in [6.07, 6.45) is 4.43. The van der Waals surface area contributed by atoms with Crippen LogP contribution in [0, 0.1) is 5.92 Å². The summed E-state index contributed by atoms with van der Waals surface area (Å²) in [5.74, 6) is -0.320. The van der Waals surface area contributed by atoms with Crippen LogP contribution in [-0.4, -0.2) is 30.1 Å². The van der Waals surface area contributed by atoms with E-state index in [4.69, 9.17) is 4.99 Å². The summed E-state index contributed by atoms with van der Waals surface area (Å²) in [7, 11) is 0. The van der Waals surface area contributed by atoms with Crippen LogP contribution in [0.2, 0.25) is 0 Å². The number of carbonyl (C=O) groups excluding carboxylic acids is 2. The van der Waals surface area contributed by atoms with Crippen molar-refractivity contribution >= 4 is 28.9 Å². The van der Waals surface area contributed by atoms with Gasteiger partial charge in [-0.2, -0.15) is 0 Å². The second-order valence-electron chi connectivity index (χ2n) is 7.95. The van der Waals surface area contributed by atoms with Gasteiger partial charge in [0.15, 0.2) is 0 Å². The molecule has 2 aromatic carbocycles. The number of hydrogen-bond donors (Lipinski definition) is 1. The summed E-state index contributed by atoms with van der Waals surface area (Å²) in [5, 5.41) is 3.06. The molecule has 5 heteroatoms. The molecule has 1 N–H and O–H groups in total. The minimum atomic E-state index is -0.189. The predicted octanol–water partition coefficient (Wildman–Crippen LogP) is 4.04. The van der Waals surface area contributed by atoms with Crippen molar-refractivity contribution in [2.75, 3.05) is 11.4 Å². The number of para-hydroxylation sites is 2. The molecule has 0 saturated heterocycles. The van der Waals surface area contributed by atoms with Crippen molar-refractivity contribution < 1.29 is 9.59 Å².